The van der Waals surface area contributed by atoms with E-state index < -0.39 is 0 Å². The van der Waals surface area contributed by atoms with E-state index in [1.807, 2.05) is 41.0 Å². The van der Waals surface area contributed by atoms with Gasteiger partial charge in [0, 0.05) is 24.2 Å². The van der Waals surface area contributed by atoms with Gasteiger partial charge in [-0.1, -0.05) is 24.3 Å². The van der Waals surface area contributed by atoms with Crippen molar-refractivity contribution >= 4 is 16.8 Å². The van der Waals surface area contributed by atoms with Gasteiger partial charge in [0.2, 0.25) is 5.43 Å². The molecule has 3 aromatic rings. The zero-order valence-electron chi connectivity index (χ0n) is 14.8. The molecule has 0 radical (unpaired) electrons. The highest BCUT2D eigenvalue weighted by atomic mass is 16.5. The number of pyridine rings is 1. The molecule has 2 heterocycles. The fourth-order valence-electron chi connectivity index (χ4n) is 3.60. The lowest BCUT2D eigenvalue weighted by Gasteiger charge is -2.13. The number of carbonyl (C=O) groups excluding carboxylic acids is 1. The normalized spacial score (nSPS) is 15.2. The molecule has 0 spiro atoms. The monoisotopic (exact) mass is 348 g/mol. The van der Waals surface area contributed by atoms with Crippen LogP contribution in [0.3, 0.4) is 0 Å². The van der Waals surface area contributed by atoms with E-state index >= 15 is 0 Å². The molecule has 0 bridgehead atoms. The van der Waals surface area contributed by atoms with E-state index in [-0.39, 0.29) is 22.9 Å². The van der Waals surface area contributed by atoms with Crippen molar-refractivity contribution in [3.8, 4) is 5.75 Å². The first-order valence-electron chi connectivity index (χ1n) is 8.66. The van der Waals surface area contributed by atoms with Crippen molar-refractivity contribution in [2.75, 3.05) is 7.11 Å². The summed E-state index contributed by atoms with van der Waals surface area (Å²) in [5.41, 5.74) is 3.05. The molecule has 0 aliphatic carbocycles. The van der Waals surface area contributed by atoms with E-state index in [9.17, 15) is 9.59 Å². The maximum absolute atomic E-state index is 12.8. The third-order valence-electron chi connectivity index (χ3n) is 4.98. The molecule has 0 fully saturated rings. The largest absolute Gasteiger partial charge is 0.497 e. The number of aromatic nitrogens is 1. The Morgan fingerprint density at radius 1 is 1.23 bits per heavy atom. The lowest BCUT2D eigenvalue weighted by molar-refractivity contribution is 0.0949. The van der Waals surface area contributed by atoms with E-state index in [0.29, 0.717) is 11.9 Å². The zero-order valence-corrected chi connectivity index (χ0v) is 14.8. The van der Waals surface area contributed by atoms with Crippen molar-refractivity contribution in [2.45, 2.75) is 25.9 Å². The molecule has 132 valence electrons. The van der Waals surface area contributed by atoms with Crippen LogP contribution in [0.2, 0.25) is 0 Å². The highest BCUT2D eigenvalue weighted by Crippen LogP contribution is 2.30. The van der Waals surface area contributed by atoms with Gasteiger partial charge < -0.3 is 14.6 Å². The molecule has 1 aliphatic rings. The molecule has 26 heavy (non-hydrogen) atoms. The third-order valence-corrected chi connectivity index (χ3v) is 4.98. The summed E-state index contributed by atoms with van der Waals surface area (Å²) in [6.45, 7) is 2.46. The number of methoxy groups -OCH3 is 1. The van der Waals surface area contributed by atoms with Crippen molar-refractivity contribution in [3.05, 3.63) is 75.6 Å². The second-order valence-corrected chi connectivity index (χ2v) is 6.68. The van der Waals surface area contributed by atoms with Gasteiger partial charge in [0.15, 0.2) is 0 Å². The zero-order chi connectivity index (χ0) is 18.3. The maximum atomic E-state index is 12.8. The number of nitrogens with zero attached hydrogens (tertiary/aromatic N) is 1. The van der Waals surface area contributed by atoms with Crippen LogP contribution >= 0.6 is 0 Å². The average Bonchev–Trinajstić information content (AvgIpc) is 2.99. The van der Waals surface area contributed by atoms with Crippen LogP contribution in [0.15, 0.2) is 53.5 Å². The van der Waals surface area contributed by atoms with E-state index in [1.165, 1.54) is 0 Å². The van der Waals surface area contributed by atoms with E-state index in [2.05, 4.69) is 12.2 Å². The lowest BCUT2D eigenvalue weighted by Crippen LogP contribution is -2.29. The number of benzene rings is 2. The number of para-hydroxylation sites is 1. The van der Waals surface area contributed by atoms with Gasteiger partial charge in [0.1, 0.15) is 11.3 Å². The molecule has 1 amide bonds. The summed E-state index contributed by atoms with van der Waals surface area (Å²) in [5.74, 6) is 0.418. The van der Waals surface area contributed by atoms with Gasteiger partial charge in [-0.25, -0.2) is 0 Å². The smallest absolute Gasteiger partial charge is 0.257 e. The van der Waals surface area contributed by atoms with Crippen LogP contribution in [0.1, 0.15) is 34.5 Å². The molecule has 0 saturated heterocycles. The van der Waals surface area contributed by atoms with Crippen LogP contribution in [0.4, 0.5) is 0 Å². The van der Waals surface area contributed by atoms with E-state index in [0.717, 1.165) is 28.8 Å². The topological polar surface area (TPSA) is 60.3 Å². The van der Waals surface area contributed by atoms with Crippen LogP contribution in [-0.2, 0) is 13.0 Å². The molecule has 1 aliphatic heterocycles. The number of carbonyl (C=O) groups is 1. The standard InChI is InChI=1S/C21H20N2O3/c1-13-10-15-4-3-5-17-19(15)23(13)12-18(20(17)24)21(25)22-11-14-6-8-16(26-2)9-7-14/h3-9,12-13H,10-11H2,1-2H3,(H,22,25). The van der Waals surface area contributed by atoms with Gasteiger partial charge in [-0.2, -0.15) is 0 Å². The minimum atomic E-state index is -0.346. The van der Waals surface area contributed by atoms with Gasteiger partial charge in [-0.3, -0.25) is 9.59 Å². The second kappa shape index (κ2) is 6.33. The molecule has 0 saturated carbocycles. The molecule has 1 aromatic heterocycles. The van der Waals surface area contributed by atoms with Crippen molar-refractivity contribution in [1.29, 1.82) is 0 Å². The van der Waals surface area contributed by atoms with Crippen molar-refractivity contribution in [3.63, 3.8) is 0 Å². The molecular formula is C21H20N2O3. The lowest BCUT2D eigenvalue weighted by atomic mass is 10.1. The molecule has 4 rings (SSSR count). The molecule has 2 aromatic carbocycles. The van der Waals surface area contributed by atoms with Gasteiger partial charge in [-0.15, -0.1) is 0 Å². The van der Waals surface area contributed by atoms with Crippen LogP contribution in [-0.4, -0.2) is 17.6 Å². The van der Waals surface area contributed by atoms with Crippen LogP contribution in [0.25, 0.3) is 10.9 Å². The van der Waals surface area contributed by atoms with Crippen molar-refractivity contribution in [2.24, 2.45) is 0 Å². The Morgan fingerprint density at radius 2 is 2.00 bits per heavy atom. The average molecular weight is 348 g/mol. The molecular weight excluding hydrogens is 328 g/mol. The Kier molecular flexibility index (Phi) is 3.99. The van der Waals surface area contributed by atoms with Gasteiger partial charge in [0.25, 0.3) is 5.91 Å². The summed E-state index contributed by atoms with van der Waals surface area (Å²) >= 11 is 0. The number of hydrogen-bond acceptors (Lipinski definition) is 3. The number of nitrogens with one attached hydrogen (secondary N) is 1. The predicted molar refractivity (Wildman–Crippen MR) is 101 cm³/mol. The van der Waals surface area contributed by atoms with Crippen molar-refractivity contribution in [1.82, 2.24) is 9.88 Å². The Bertz CT molecular complexity index is 1050. The van der Waals surface area contributed by atoms with Crippen LogP contribution < -0.4 is 15.5 Å². The molecule has 5 nitrogen and oxygen atoms in total. The molecule has 1 unspecified atom stereocenters. The Morgan fingerprint density at radius 3 is 2.73 bits per heavy atom. The van der Waals surface area contributed by atoms with Gasteiger partial charge >= 0.3 is 0 Å². The summed E-state index contributed by atoms with van der Waals surface area (Å²) < 4.78 is 7.18. The fourth-order valence-corrected chi connectivity index (χ4v) is 3.60. The Labute approximate surface area is 151 Å². The maximum Gasteiger partial charge on any atom is 0.257 e. The summed E-state index contributed by atoms with van der Waals surface area (Å²) in [5, 5.41) is 3.46. The van der Waals surface area contributed by atoms with Crippen LogP contribution in [0.5, 0.6) is 5.75 Å². The highest BCUT2D eigenvalue weighted by molar-refractivity contribution is 5.98. The summed E-state index contributed by atoms with van der Waals surface area (Å²) in [6, 6.07) is 13.4. The Hall–Kier alpha value is -3.08. The molecule has 1 atom stereocenters. The quantitative estimate of drug-likeness (QED) is 0.788. The fraction of sp³-hybridized carbons (Fsp3) is 0.238. The first kappa shape index (κ1) is 16.4. The predicted octanol–water partition coefficient (Wildman–Crippen LogP) is 3.06. The number of amides is 1. The second-order valence-electron chi connectivity index (χ2n) is 6.68. The minimum Gasteiger partial charge on any atom is -0.497 e. The summed E-state index contributed by atoms with van der Waals surface area (Å²) in [6.07, 6.45) is 2.59. The van der Waals surface area contributed by atoms with Crippen molar-refractivity contribution < 1.29 is 9.53 Å². The Balaban J connectivity index is 1.63. The first-order valence-corrected chi connectivity index (χ1v) is 8.66. The van der Waals surface area contributed by atoms with Gasteiger partial charge in [0.05, 0.1) is 12.6 Å². The van der Waals surface area contributed by atoms with E-state index in [4.69, 9.17) is 4.74 Å². The SMILES string of the molecule is COc1ccc(CNC(=O)c2cn3c4c(cccc4c2=O)CC3C)cc1. The summed E-state index contributed by atoms with van der Waals surface area (Å²) in [7, 11) is 1.61. The molecule has 5 heteroatoms. The summed E-state index contributed by atoms with van der Waals surface area (Å²) in [4.78, 5) is 25.5. The number of ether oxygens (including phenoxy) is 1. The van der Waals surface area contributed by atoms with Gasteiger partial charge in [-0.05, 0) is 42.7 Å². The molecule has 1 N–H and O–H groups in total. The van der Waals surface area contributed by atoms with E-state index in [1.54, 1.807) is 19.4 Å². The first-order chi connectivity index (χ1) is 12.6. The van der Waals surface area contributed by atoms with Crippen LogP contribution in [0, 0.1) is 0 Å². The third kappa shape index (κ3) is 2.65. The minimum absolute atomic E-state index is 0.192. The highest BCUT2D eigenvalue weighted by Gasteiger charge is 2.24. The number of hydrogen-bond donors (Lipinski definition) is 1. The number of rotatable bonds is 4.